The molecule has 0 aliphatic carbocycles. The highest BCUT2D eigenvalue weighted by molar-refractivity contribution is 6.05. The summed E-state index contributed by atoms with van der Waals surface area (Å²) < 4.78 is 7.61. The topological polar surface area (TPSA) is 54.7 Å². The average molecular weight is 274 g/mol. The first-order chi connectivity index (χ1) is 9.61. The minimum atomic E-state index is -0.868. The average Bonchev–Trinajstić information content (AvgIpc) is 2.71. The first-order valence-corrected chi connectivity index (χ1v) is 6.81. The third-order valence-corrected chi connectivity index (χ3v) is 3.79. The van der Waals surface area contributed by atoms with Crippen LogP contribution >= 0.6 is 0 Å². The van der Waals surface area contributed by atoms with Crippen molar-refractivity contribution in [1.29, 1.82) is 0 Å². The van der Waals surface area contributed by atoms with Crippen LogP contribution in [0.2, 0.25) is 0 Å². The molecule has 0 bridgehead atoms. The lowest BCUT2D eigenvalue weighted by atomic mass is 10.1. The number of ether oxygens (including phenoxy) is 1. The van der Waals surface area contributed by atoms with E-state index in [1.54, 1.807) is 0 Å². The summed E-state index contributed by atoms with van der Waals surface area (Å²) in [6.07, 6.45) is 0. The largest absolute Gasteiger partial charge is 0.494 e. The zero-order valence-corrected chi connectivity index (χ0v) is 11.7. The highest BCUT2D eigenvalue weighted by atomic mass is 16.5. The third kappa shape index (κ3) is 1.94. The van der Waals surface area contributed by atoms with Crippen LogP contribution in [0.15, 0.2) is 18.2 Å². The van der Waals surface area contributed by atoms with Gasteiger partial charge in [-0.15, -0.1) is 0 Å². The molecule has 1 aromatic carbocycles. The molecule has 0 unspecified atom stereocenters. The highest BCUT2D eigenvalue weighted by Crippen LogP contribution is 2.32. The minimum absolute atomic E-state index is 0.410. The summed E-state index contributed by atoms with van der Waals surface area (Å²) in [5.41, 5.74) is 2.27. The molecule has 0 spiro atoms. The highest BCUT2D eigenvalue weighted by Gasteiger charge is 2.25. The molecule has 0 amide bonds. The van der Waals surface area contributed by atoms with Gasteiger partial charge in [0.05, 0.1) is 12.2 Å². The fourth-order valence-electron chi connectivity index (χ4n) is 2.91. The van der Waals surface area contributed by atoms with Gasteiger partial charge in [0.1, 0.15) is 5.75 Å². The summed E-state index contributed by atoms with van der Waals surface area (Å²) in [5, 5.41) is 10.3. The van der Waals surface area contributed by atoms with E-state index in [0.29, 0.717) is 18.7 Å². The van der Waals surface area contributed by atoms with Gasteiger partial charge in [0.2, 0.25) is 0 Å². The van der Waals surface area contributed by atoms with Gasteiger partial charge >= 0.3 is 5.97 Å². The maximum atomic E-state index is 11.7. The molecule has 1 aliphatic rings. The third-order valence-electron chi connectivity index (χ3n) is 3.79. The summed E-state index contributed by atoms with van der Waals surface area (Å²) in [7, 11) is 2.01. The predicted molar refractivity (Wildman–Crippen MR) is 76.4 cm³/mol. The number of aromatic nitrogens is 1. The summed E-state index contributed by atoms with van der Waals surface area (Å²) in [6, 6.07) is 5.71. The Kier molecular flexibility index (Phi) is 3.14. The second-order valence-electron chi connectivity index (χ2n) is 5.13. The molecular weight excluding hydrogens is 256 g/mol. The van der Waals surface area contributed by atoms with E-state index in [0.717, 1.165) is 35.4 Å². The Bertz CT molecular complexity index is 675. The fourth-order valence-corrected chi connectivity index (χ4v) is 2.91. The Balaban J connectivity index is 2.25. The van der Waals surface area contributed by atoms with Crippen LogP contribution in [0.25, 0.3) is 10.9 Å². The van der Waals surface area contributed by atoms with Gasteiger partial charge in [-0.05, 0) is 32.2 Å². The van der Waals surface area contributed by atoms with Crippen molar-refractivity contribution in [2.24, 2.45) is 0 Å². The normalized spacial score (nSPS) is 15.3. The van der Waals surface area contributed by atoms with E-state index in [1.807, 2.05) is 32.2 Å². The first kappa shape index (κ1) is 13.0. The van der Waals surface area contributed by atoms with Crippen LogP contribution in [0.4, 0.5) is 0 Å². The van der Waals surface area contributed by atoms with Crippen molar-refractivity contribution in [2.45, 2.75) is 20.0 Å². The fraction of sp³-hybridized carbons (Fsp3) is 0.400. The van der Waals surface area contributed by atoms with E-state index in [2.05, 4.69) is 9.47 Å². The molecule has 3 rings (SSSR count). The Morgan fingerprint density at radius 1 is 1.40 bits per heavy atom. The van der Waals surface area contributed by atoms with Crippen molar-refractivity contribution >= 4 is 16.9 Å². The number of nitrogens with zero attached hydrogens (tertiary/aromatic N) is 2. The molecule has 5 nitrogen and oxygen atoms in total. The van der Waals surface area contributed by atoms with Gasteiger partial charge in [-0.25, -0.2) is 4.79 Å². The van der Waals surface area contributed by atoms with E-state index in [1.165, 1.54) is 0 Å². The number of hydrogen-bond donors (Lipinski definition) is 1. The molecule has 20 heavy (non-hydrogen) atoms. The lowest BCUT2D eigenvalue weighted by molar-refractivity contribution is 0.0695. The van der Waals surface area contributed by atoms with E-state index >= 15 is 0 Å². The summed E-state index contributed by atoms with van der Waals surface area (Å²) >= 11 is 0. The maximum Gasteiger partial charge on any atom is 0.338 e. The summed E-state index contributed by atoms with van der Waals surface area (Å²) in [6.45, 7) is 4.92. The zero-order chi connectivity index (χ0) is 14.3. The minimum Gasteiger partial charge on any atom is -0.494 e. The van der Waals surface area contributed by atoms with Gasteiger partial charge in [-0.2, -0.15) is 0 Å². The van der Waals surface area contributed by atoms with Crippen LogP contribution < -0.4 is 4.74 Å². The van der Waals surface area contributed by atoms with Crippen molar-refractivity contribution in [1.82, 2.24) is 9.47 Å². The monoisotopic (exact) mass is 274 g/mol. The van der Waals surface area contributed by atoms with Crippen LogP contribution in [0.5, 0.6) is 5.75 Å². The smallest absolute Gasteiger partial charge is 0.338 e. The predicted octanol–water partition coefficient (Wildman–Crippen LogP) is 2.18. The molecule has 0 fully saturated rings. The first-order valence-electron chi connectivity index (χ1n) is 6.81. The van der Waals surface area contributed by atoms with Crippen molar-refractivity contribution < 1.29 is 14.6 Å². The molecule has 0 saturated heterocycles. The molecule has 106 valence electrons. The van der Waals surface area contributed by atoms with Gasteiger partial charge in [0.15, 0.2) is 0 Å². The van der Waals surface area contributed by atoms with Crippen molar-refractivity contribution in [3.63, 3.8) is 0 Å². The van der Waals surface area contributed by atoms with Crippen LogP contribution in [0.3, 0.4) is 0 Å². The number of fused-ring (bicyclic) bond motifs is 3. The number of carboxylic acid groups (broad SMARTS) is 1. The lowest BCUT2D eigenvalue weighted by Gasteiger charge is -2.25. The van der Waals surface area contributed by atoms with E-state index in [4.69, 9.17) is 4.74 Å². The molecule has 2 heterocycles. The van der Waals surface area contributed by atoms with Crippen molar-refractivity contribution in [3.05, 3.63) is 29.5 Å². The lowest BCUT2D eigenvalue weighted by Crippen LogP contribution is -2.30. The van der Waals surface area contributed by atoms with Crippen molar-refractivity contribution in [2.75, 3.05) is 20.2 Å². The molecule has 2 aromatic rings. The number of rotatable bonds is 3. The second-order valence-corrected chi connectivity index (χ2v) is 5.13. The SMILES string of the molecule is CCOc1ccc2c(c1)c(C(=O)O)c1n2CCN(C)C1. The van der Waals surface area contributed by atoms with Gasteiger partial charge in [0, 0.05) is 36.2 Å². The quantitative estimate of drug-likeness (QED) is 0.932. The van der Waals surface area contributed by atoms with Gasteiger partial charge < -0.3 is 14.4 Å². The van der Waals surface area contributed by atoms with E-state index in [9.17, 15) is 9.90 Å². The maximum absolute atomic E-state index is 11.7. The van der Waals surface area contributed by atoms with Crippen molar-refractivity contribution in [3.8, 4) is 5.75 Å². The molecule has 0 atom stereocenters. The van der Waals surface area contributed by atoms with Crippen LogP contribution in [0.1, 0.15) is 23.0 Å². The Morgan fingerprint density at radius 3 is 2.90 bits per heavy atom. The molecule has 0 saturated carbocycles. The number of carboxylic acids is 1. The van der Waals surface area contributed by atoms with Crippen LogP contribution in [-0.2, 0) is 13.1 Å². The Morgan fingerprint density at radius 2 is 2.20 bits per heavy atom. The summed E-state index contributed by atoms with van der Waals surface area (Å²) in [4.78, 5) is 13.8. The molecule has 1 N–H and O–H groups in total. The number of likely N-dealkylation sites (N-methyl/N-ethyl adjacent to an activating group) is 1. The molecule has 1 aromatic heterocycles. The molecule has 5 heteroatoms. The van der Waals surface area contributed by atoms with E-state index in [-0.39, 0.29) is 0 Å². The number of carbonyl (C=O) groups is 1. The molecule has 1 aliphatic heterocycles. The zero-order valence-electron chi connectivity index (χ0n) is 11.7. The molecular formula is C15H18N2O3. The van der Waals surface area contributed by atoms with Gasteiger partial charge in [-0.3, -0.25) is 4.90 Å². The van der Waals surface area contributed by atoms with Gasteiger partial charge in [0.25, 0.3) is 0 Å². The second kappa shape index (κ2) is 4.83. The number of hydrogen-bond acceptors (Lipinski definition) is 3. The number of aromatic carboxylic acids is 1. The molecule has 0 radical (unpaired) electrons. The van der Waals surface area contributed by atoms with Crippen LogP contribution in [-0.4, -0.2) is 40.7 Å². The Hall–Kier alpha value is -2.01. The number of benzene rings is 1. The Labute approximate surface area is 117 Å². The van der Waals surface area contributed by atoms with Gasteiger partial charge in [-0.1, -0.05) is 0 Å². The standard InChI is InChI=1S/C15H18N2O3/c1-3-20-10-4-5-12-11(8-10)14(15(18)19)13-9-16(2)6-7-17(12)13/h4-5,8H,3,6-7,9H2,1-2H3,(H,18,19). The summed E-state index contributed by atoms with van der Waals surface area (Å²) in [5.74, 6) is -0.147. The van der Waals surface area contributed by atoms with E-state index < -0.39 is 5.97 Å². The van der Waals surface area contributed by atoms with Crippen LogP contribution in [0, 0.1) is 0 Å².